The first-order valence-electron chi connectivity index (χ1n) is 6.93. The van der Waals surface area contributed by atoms with Crippen molar-refractivity contribution in [1.82, 2.24) is 4.90 Å². The number of nitrogens with zero attached hydrogens (tertiary/aromatic N) is 1. The Morgan fingerprint density at radius 3 is 2.42 bits per heavy atom. The van der Waals surface area contributed by atoms with Gasteiger partial charge in [0, 0.05) is 19.0 Å². The van der Waals surface area contributed by atoms with Crippen molar-refractivity contribution in [3.8, 4) is 0 Å². The molecule has 110 valence electrons. The molecule has 2 aliphatic rings. The van der Waals surface area contributed by atoms with E-state index in [0.717, 1.165) is 0 Å². The van der Waals surface area contributed by atoms with Crippen molar-refractivity contribution in [2.75, 3.05) is 13.1 Å². The molecule has 0 spiro atoms. The topological polar surface area (TPSA) is 40.5 Å². The number of carbonyl (C=O) groups excluding carboxylic acids is 1. The summed E-state index contributed by atoms with van der Waals surface area (Å²) >= 11 is 0. The highest BCUT2D eigenvalue weighted by molar-refractivity contribution is 5.79. The van der Waals surface area contributed by atoms with Crippen LogP contribution in [0.5, 0.6) is 0 Å². The summed E-state index contributed by atoms with van der Waals surface area (Å²) in [6.45, 7) is 0.650. The summed E-state index contributed by atoms with van der Waals surface area (Å²) in [7, 11) is 0. The fourth-order valence-corrected chi connectivity index (χ4v) is 3.21. The Labute approximate surface area is 110 Å². The number of rotatable bonds is 1. The van der Waals surface area contributed by atoms with Gasteiger partial charge in [0.05, 0.1) is 12.0 Å². The predicted molar refractivity (Wildman–Crippen MR) is 63.3 cm³/mol. The maximum atomic E-state index is 13.0. The van der Waals surface area contributed by atoms with Crippen molar-refractivity contribution in [2.24, 2.45) is 11.8 Å². The zero-order valence-corrected chi connectivity index (χ0v) is 10.8. The van der Waals surface area contributed by atoms with Gasteiger partial charge in [0.25, 0.3) is 0 Å². The number of hydrogen-bond donors (Lipinski definition) is 1. The molecule has 19 heavy (non-hydrogen) atoms. The number of hydrogen-bond acceptors (Lipinski definition) is 2. The number of alkyl halides is 3. The molecule has 0 bridgehead atoms. The number of amides is 1. The fourth-order valence-electron chi connectivity index (χ4n) is 3.21. The number of carbonyl (C=O) groups is 1. The molecule has 1 aliphatic carbocycles. The normalized spacial score (nSPS) is 33.3. The molecule has 0 aromatic heterocycles. The standard InChI is InChI=1S/C13H20F3NO2/c14-13(15,16)11-6-2-1-5-10(11)12(19)17-7-3-4-9(18)8-17/h9-11,18H,1-8H2/t9-,10?,11?/m0/s1. The van der Waals surface area contributed by atoms with Gasteiger partial charge in [-0.15, -0.1) is 0 Å². The Kier molecular flexibility index (Phi) is 4.38. The first-order chi connectivity index (χ1) is 8.89. The van der Waals surface area contributed by atoms with Crippen molar-refractivity contribution < 1.29 is 23.1 Å². The van der Waals surface area contributed by atoms with E-state index in [9.17, 15) is 23.1 Å². The van der Waals surface area contributed by atoms with Gasteiger partial charge in [-0.05, 0) is 25.7 Å². The Morgan fingerprint density at radius 2 is 1.79 bits per heavy atom. The molecule has 1 saturated carbocycles. The molecule has 2 unspecified atom stereocenters. The van der Waals surface area contributed by atoms with Crippen LogP contribution in [-0.2, 0) is 4.79 Å². The van der Waals surface area contributed by atoms with E-state index in [0.29, 0.717) is 38.6 Å². The summed E-state index contributed by atoms with van der Waals surface area (Å²) in [5.74, 6) is -2.87. The largest absolute Gasteiger partial charge is 0.392 e. The lowest BCUT2D eigenvalue weighted by molar-refractivity contribution is -0.201. The molecule has 1 aliphatic heterocycles. The number of aliphatic hydroxyl groups excluding tert-OH is 1. The van der Waals surface area contributed by atoms with Crippen molar-refractivity contribution in [3.63, 3.8) is 0 Å². The number of likely N-dealkylation sites (tertiary alicyclic amines) is 1. The molecule has 0 aromatic rings. The molecular weight excluding hydrogens is 259 g/mol. The molecule has 0 aromatic carbocycles. The molecule has 2 rings (SSSR count). The second-order valence-corrected chi connectivity index (χ2v) is 5.62. The molecule has 1 saturated heterocycles. The highest BCUT2D eigenvalue weighted by atomic mass is 19.4. The monoisotopic (exact) mass is 279 g/mol. The average Bonchev–Trinajstić information content (AvgIpc) is 2.37. The smallest absolute Gasteiger partial charge is 0.391 e. The first kappa shape index (κ1) is 14.6. The fraction of sp³-hybridized carbons (Fsp3) is 0.923. The molecule has 0 radical (unpaired) electrons. The van der Waals surface area contributed by atoms with Crippen LogP contribution in [0.25, 0.3) is 0 Å². The maximum Gasteiger partial charge on any atom is 0.392 e. The SMILES string of the molecule is O=C(C1CCCCC1C(F)(F)F)N1CCC[C@H](O)C1. The second kappa shape index (κ2) is 5.69. The van der Waals surface area contributed by atoms with Crippen LogP contribution in [-0.4, -0.2) is 41.3 Å². The lowest BCUT2D eigenvalue weighted by Crippen LogP contribution is -2.49. The number of β-amino-alcohol motifs (C(OH)–C–C–N with tert-alkyl or cyclic N) is 1. The highest BCUT2D eigenvalue weighted by Crippen LogP contribution is 2.42. The minimum atomic E-state index is -4.30. The minimum Gasteiger partial charge on any atom is -0.391 e. The maximum absolute atomic E-state index is 13.0. The molecule has 1 N–H and O–H groups in total. The van der Waals surface area contributed by atoms with Crippen LogP contribution in [0, 0.1) is 11.8 Å². The van der Waals surface area contributed by atoms with E-state index in [1.807, 2.05) is 0 Å². The zero-order chi connectivity index (χ0) is 14.0. The third-order valence-corrected chi connectivity index (χ3v) is 4.21. The Morgan fingerprint density at radius 1 is 1.11 bits per heavy atom. The number of halogens is 3. The van der Waals surface area contributed by atoms with Gasteiger partial charge in [-0.25, -0.2) is 0 Å². The van der Waals surface area contributed by atoms with Gasteiger partial charge in [-0.2, -0.15) is 13.2 Å². The van der Waals surface area contributed by atoms with Gasteiger partial charge in [-0.3, -0.25) is 4.79 Å². The van der Waals surface area contributed by atoms with E-state index >= 15 is 0 Å². The molecule has 6 heteroatoms. The van der Waals surface area contributed by atoms with Crippen molar-refractivity contribution in [3.05, 3.63) is 0 Å². The van der Waals surface area contributed by atoms with Gasteiger partial charge in [-0.1, -0.05) is 12.8 Å². The van der Waals surface area contributed by atoms with E-state index in [4.69, 9.17) is 0 Å². The van der Waals surface area contributed by atoms with Crippen LogP contribution in [0.15, 0.2) is 0 Å². The van der Waals surface area contributed by atoms with Gasteiger partial charge in [0.15, 0.2) is 0 Å². The Hall–Kier alpha value is -0.780. The van der Waals surface area contributed by atoms with Crippen molar-refractivity contribution in [2.45, 2.75) is 50.8 Å². The second-order valence-electron chi connectivity index (χ2n) is 5.62. The highest BCUT2D eigenvalue weighted by Gasteiger charge is 2.49. The van der Waals surface area contributed by atoms with Gasteiger partial charge in [0.2, 0.25) is 5.91 Å². The third kappa shape index (κ3) is 3.41. The van der Waals surface area contributed by atoms with E-state index < -0.39 is 30.0 Å². The van der Waals surface area contributed by atoms with E-state index in [2.05, 4.69) is 0 Å². The van der Waals surface area contributed by atoms with Crippen molar-refractivity contribution in [1.29, 1.82) is 0 Å². The van der Waals surface area contributed by atoms with Crippen LogP contribution in [0.1, 0.15) is 38.5 Å². The van der Waals surface area contributed by atoms with E-state index in [1.165, 1.54) is 4.90 Å². The molecule has 3 nitrogen and oxygen atoms in total. The summed E-state index contributed by atoms with van der Waals surface area (Å²) in [5.41, 5.74) is 0. The summed E-state index contributed by atoms with van der Waals surface area (Å²) in [5, 5.41) is 9.54. The van der Waals surface area contributed by atoms with E-state index in [1.54, 1.807) is 0 Å². The molecule has 3 atom stereocenters. The summed E-state index contributed by atoms with van der Waals surface area (Å²) < 4.78 is 38.9. The quantitative estimate of drug-likeness (QED) is 0.800. The summed E-state index contributed by atoms with van der Waals surface area (Å²) in [6.07, 6.45) is -2.02. The van der Waals surface area contributed by atoms with Gasteiger partial charge >= 0.3 is 6.18 Å². The third-order valence-electron chi connectivity index (χ3n) is 4.21. The average molecular weight is 279 g/mol. The van der Waals surface area contributed by atoms with Crippen molar-refractivity contribution >= 4 is 5.91 Å². The molecule has 1 heterocycles. The lowest BCUT2D eigenvalue weighted by atomic mass is 9.77. The Bertz CT molecular complexity index is 332. The number of aliphatic hydroxyl groups is 1. The first-order valence-corrected chi connectivity index (χ1v) is 6.93. The van der Waals surface area contributed by atoms with E-state index in [-0.39, 0.29) is 13.0 Å². The molecular formula is C13H20F3NO2. The molecule has 1 amide bonds. The predicted octanol–water partition coefficient (Wildman–Crippen LogP) is 2.34. The van der Waals surface area contributed by atoms with Crippen LogP contribution in [0.2, 0.25) is 0 Å². The van der Waals surface area contributed by atoms with Crippen LogP contribution >= 0.6 is 0 Å². The van der Waals surface area contributed by atoms with Gasteiger partial charge < -0.3 is 10.0 Å². The zero-order valence-electron chi connectivity index (χ0n) is 10.8. The minimum absolute atomic E-state index is 0.0519. The van der Waals surface area contributed by atoms with Crippen LogP contribution in [0.4, 0.5) is 13.2 Å². The number of piperidine rings is 1. The Balaban J connectivity index is 2.07. The summed E-state index contributed by atoms with van der Waals surface area (Å²) in [4.78, 5) is 13.7. The van der Waals surface area contributed by atoms with Crippen LogP contribution in [0.3, 0.4) is 0 Å². The lowest BCUT2D eigenvalue weighted by Gasteiger charge is -2.38. The molecule has 2 fully saturated rings. The summed E-state index contributed by atoms with van der Waals surface area (Å²) in [6, 6.07) is 0. The van der Waals surface area contributed by atoms with Gasteiger partial charge in [0.1, 0.15) is 0 Å². The van der Waals surface area contributed by atoms with Crippen LogP contribution < -0.4 is 0 Å².